The summed E-state index contributed by atoms with van der Waals surface area (Å²) < 4.78 is 4.64. The van der Waals surface area contributed by atoms with E-state index in [1.807, 2.05) is 0 Å². The van der Waals surface area contributed by atoms with E-state index in [-0.39, 0.29) is 19.4 Å². The molecule has 0 aromatic heterocycles. The van der Waals surface area contributed by atoms with Crippen LogP contribution in [0.1, 0.15) is 32.6 Å². The van der Waals surface area contributed by atoms with E-state index in [9.17, 15) is 19.8 Å². The first-order chi connectivity index (χ1) is 7.98. The van der Waals surface area contributed by atoms with Gasteiger partial charge in [-0.2, -0.15) is 0 Å². The maximum absolute atomic E-state index is 11.5. The van der Waals surface area contributed by atoms with Gasteiger partial charge in [0.25, 0.3) is 0 Å². The smallest absolute Gasteiger partial charge is 0.313 e. The van der Waals surface area contributed by atoms with E-state index in [2.05, 4.69) is 4.74 Å². The summed E-state index contributed by atoms with van der Waals surface area (Å²) >= 11 is 0. The van der Waals surface area contributed by atoms with Crippen molar-refractivity contribution in [3.8, 4) is 0 Å². The summed E-state index contributed by atoms with van der Waals surface area (Å²) in [7, 11) is 0. The van der Waals surface area contributed by atoms with Crippen molar-refractivity contribution in [1.29, 1.82) is 0 Å². The first-order valence-corrected chi connectivity index (χ1v) is 5.73. The number of carbonyl (C=O) groups excluding carboxylic acids is 2. The summed E-state index contributed by atoms with van der Waals surface area (Å²) in [4.78, 5) is 22.6. The molecule has 5 nitrogen and oxygen atoms in total. The highest BCUT2D eigenvalue weighted by Crippen LogP contribution is 2.26. The molecule has 0 bridgehead atoms. The lowest BCUT2D eigenvalue weighted by Crippen LogP contribution is -2.44. The quantitative estimate of drug-likeness (QED) is 0.412. The molecule has 2 unspecified atom stereocenters. The van der Waals surface area contributed by atoms with E-state index in [0.717, 1.165) is 0 Å². The standard InChI is InChI=1S/C12H18O5/c1-2-17-11(15)7-9(13)8-12(16)6-4-3-5-10(12)14/h4,6,10,14,16H,2-3,5,7-8H2,1H3. The van der Waals surface area contributed by atoms with Crippen molar-refractivity contribution in [3.05, 3.63) is 12.2 Å². The number of esters is 1. The Labute approximate surface area is 100 Å². The van der Waals surface area contributed by atoms with Crippen LogP contribution in [0.3, 0.4) is 0 Å². The molecule has 0 saturated heterocycles. The Balaban J connectivity index is 2.52. The zero-order valence-corrected chi connectivity index (χ0v) is 9.89. The summed E-state index contributed by atoms with van der Waals surface area (Å²) in [5.41, 5.74) is -1.54. The van der Waals surface area contributed by atoms with Gasteiger partial charge < -0.3 is 14.9 Å². The Bertz CT molecular complexity index is 323. The van der Waals surface area contributed by atoms with Crippen LogP contribution in [-0.2, 0) is 14.3 Å². The minimum absolute atomic E-state index is 0.221. The maximum atomic E-state index is 11.5. The molecule has 2 N–H and O–H groups in total. The first kappa shape index (κ1) is 13.9. The number of aliphatic hydroxyl groups is 2. The fraction of sp³-hybridized carbons (Fsp3) is 0.667. The molecule has 2 atom stereocenters. The van der Waals surface area contributed by atoms with Gasteiger partial charge in [-0.1, -0.05) is 12.2 Å². The molecule has 0 radical (unpaired) electrons. The molecule has 17 heavy (non-hydrogen) atoms. The zero-order chi connectivity index (χ0) is 12.9. The normalized spacial score (nSPS) is 27.8. The Kier molecular flexibility index (Phi) is 4.84. The lowest BCUT2D eigenvalue weighted by Gasteiger charge is -2.32. The molecular formula is C12H18O5. The molecule has 1 rings (SSSR count). The molecule has 0 spiro atoms. The van der Waals surface area contributed by atoms with Crippen molar-refractivity contribution >= 4 is 11.8 Å². The van der Waals surface area contributed by atoms with Gasteiger partial charge in [-0.15, -0.1) is 0 Å². The molecule has 0 saturated carbocycles. The fourth-order valence-corrected chi connectivity index (χ4v) is 1.83. The van der Waals surface area contributed by atoms with Gasteiger partial charge >= 0.3 is 5.97 Å². The second kappa shape index (κ2) is 5.93. The molecule has 0 amide bonds. The average Bonchev–Trinajstić information content (AvgIpc) is 2.22. The average molecular weight is 242 g/mol. The molecule has 1 aliphatic rings. The van der Waals surface area contributed by atoms with Crippen molar-refractivity contribution in [2.45, 2.75) is 44.3 Å². The maximum Gasteiger partial charge on any atom is 0.313 e. The number of hydrogen-bond acceptors (Lipinski definition) is 5. The molecule has 0 aliphatic heterocycles. The molecule has 5 heteroatoms. The number of hydrogen-bond donors (Lipinski definition) is 2. The Morgan fingerprint density at radius 1 is 1.53 bits per heavy atom. The van der Waals surface area contributed by atoms with Crippen molar-refractivity contribution < 1.29 is 24.5 Å². The van der Waals surface area contributed by atoms with Crippen LogP contribution < -0.4 is 0 Å². The number of allylic oxidation sites excluding steroid dienone is 1. The molecule has 96 valence electrons. The summed E-state index contributed by atoms with van der Waals surface area (Å²) in [6.07, 6.45) is 2.67. The van der Waals surface area contributed by atoms with Crippen LogP contribution in [0.15, 0.2) is 12.2 Å². The molecule has 0 heterocycles. The number of ketones is 1. The number of carbonyl (C=O) groups is 2. The highest BCUT2D eigenvalue weighted by Gasteiger charge is 2.37. The molecule has 0 fully saturated rings. The van der Waals surface area contributed by atoms with E-state index in [4.69, 9.17) is 0 Å². The summed E-state index contributed by atoms with van der Waals surface area (Å²) in [6, 6.07) is 0. The predicted octanol–water partition coefficient (Wildman–Crippen LogP) is 0.341. The first-order valence-electron chi connectivity index (χ1n) is 5.73. The van der Waals surface area contributed by atoms with E-state index >= 15 is 0 Å². The van der Waals surface area contributed by atoms with Crippen molar-refractivity contribution in [1.82, 2.24) is 0 Å². The van der Waals surface area contributed by atoms with E-state index < -0.39 is 23.5 Å². The van der Waals surface area contributed by atoms with Crippen LogP contribution in [0.4, 0.5) is 0 Å². The predicted molar refractivity (Wildman–Crippen MR) is 60.2 cm³/mol. The van der Waals surface area contributed by atoms with Crippen molar-refractivity contribution in [2.75, 3.05) is 6.61 Å². The molecule has 0 aromatic rings. The molecule has 0 aromatic carbocycles. The topological polar surface area (TPSA) is 83.8 Å². The number of aliphatic hydroxyl groups excluding tert-OH is 1. The minimum atomic E-state index is -1.54. The summed E-state index contributed by atoms with van der Waals surface area (Å²) in [5.74, 6) is -1.04. The van der Waals surface area contributed by atoms with E-state index in [0.29, 0.717) is 12.8 Å². The zero-order valence-electron chi connectivity index (χ0n) is 9.89. The lowest BCUT2D eigenvalue weighted by atomic mass is 9.83. The largest absolute Gasteiger partial charge is 0.466 e. The highest BCUT2D eigenvalue weighted by atomic mass is 16.5. The fourth-order valence-electron chi connectivity index (χ4n) is 1.83. The second-order valence-corrected chi connectivity index (χ2v) is 4.18. The van der Waals surface area contributed by atoms with Crippen LogP contribution in [0.25, 0.3) is 0 Å². The van der Waals surface area contributed by atoms with Gasteiger partial charge in [0.2, 0.25) is 0 Å². The minimum Gasteiger partial charge on any atom is -0.466 e. The number of rotatable bonds is 5. The van der Waals surface area contributed by atoms with Gasteiger partial charge in [-0.05, 0) is 19.8 Å². The van der Waals surface area contributed by atoms with Crippen LogP contribution in [-0.4, -0.2) is 40.3 Å². The Hall–Kier alpha value is -1.20. The van der Waals surface area contributed by atoms with Crippen LogP contribution >= 0.6 is 0 Å². The summed E-state index contributed by atoms with van der Waals surface area (Å²) in [5, 5.41) is 19.7. The van der Waals surface area contributed by atoms with Gasteiger partial charge in [-0.3, -0.25) is 9.59 Å². The van der Waals surface area contributed by atoms with Gasteiger partial charge in [-0.25, -0.2) is 0 Å². The van der Waals surface area contributed by atoms with Gasteiger partial charge in [0.1, 0.15) is 17.8 Å². The van der Waals surface area contributed by atoms with E-state index in [1.54, 1.807) is 13.0 Å². The lowest BCUT2D eigenvalue weighted by molar-refractivity contribution is -0.147. The van der Waals surface area contributed by atoms with Crippen LogP contribution in [0.2, 0.25) is 0 Å². The summed E-state index contributed by atoms with van der Waals surface area (Å²) in [6.45, 7) is 1.88. The third-order valence-electron chi connectivity index (χ3n) is 2.72. The highest BCUT2D eigenvalue weighted by molar-refractivity contribution is 5.96. The number of ether oxygens (including phenoxy) is 1. The third-order valence-corrected chi connectivity index (χ3v) is 2.72. The van der Waals surface area contributed by atoms with Crippen LogP contribution in [0.5, 0.6) is 0 Å². The van der Waals surface area contributed by atoms with E-state index in [1.165, 1.54) is 6.08 Å². The van der Waals surface area contributed by atoms with Crippen molar-refractivity contribution in [2.24, 2.45) is 0 Å². The Morgan fingerprint density at radius 3 is 2.82 bits per heavy atom. The van der Waals surface area contributed by atoms with Crippen molar-refractivity contribution in [3.63, 3.8) is 0 Å². The third kappa shape index (κ3) is 3.94. The Morgan fingerprint density at radius 2 is 2.24 bits per heavy atom. The van der Waals surface area contributed by atoms with Gasteiger partial charge in [0, 0.05) is 6.42 Å². The monoisotopic (exact) mass is 242 g/mol. The van der Waals surface area contributed by atoms with Gasteiger partial charge in [0.05, 0.1) is 12.7 Å². The molecular weight excluding hydrogens is 224 g/mol. The van der Waals surface area contributed by atoms with Crippen LogP contribution in [0, 0.1) is 0 Å². The van der Waals surface area contributed by atoms with Gasteiger partial charge in [0.15, 0.2) is 0 Å². The SMILES string of the molecule is CCOC(=O)CC(=O)CC1(O)C=CCCC1O. The molecule has 1 aliphatic carbocycles. The number of Topliss-reactive ketones (excluding diaryl/α,β-unsaturated/α-hetero) is 1. The second-order valence-electron chi connectivity index (χ2n) is 4.18.